The molecule has 0 aliphatic heterocycles. The number of imidazole rings is 1. The molecule has 3 heterocycles. The quantitative estimate of drug-likeness (QED) is 0.386. The van der Waals surface area contributed by atoms with Gasteiger partial charge in [0.25, 0.3) is 0 Å². The Kier molecular flexibility index (Phi) is 5.23. The SMILES string of the molecule is O=c1c(Oc2ccc(-c3cccnc3)cc2)c(-n2ccnc2)cnn1-c1ccc(Cl)cc1. The third-order valence-electron chi connectivity index (χ3n) is 4.84. The molecular weight excluding hydrogens is 426 g/mol. The highest BCUT2D eigenvalue weighted by Gasteiger charge is 2.17. The summed E-state index contributed by atoms with van der Waals surface area (Å²) in [6.45, 7) is 0. The van der Waals surface area contributed by atoms with E-state index in [1.165, 1.54) is 4.68 Å². The molecule has 2 aromatic carbocycles. The normalized spacial score (nSPS) is 10.8. The first kappa shape index (κ1) is 19.7. The van der Waals surface area contributed by atoms with Crippen molar-refractivity contribution in [3.05, 3.63) is 113 Å². The van der Waals surface area contributed by atoms with Crippen LogP contribution in [0, 0.1) is 0 Å². The van der Waals surface area contributed by atoms with Crippen molar-refractivity contribution in [3.63, 3.8) is 0 Å². The van der Waals surface area contributed by atoms with Gasteiger partial charge in [0.1, 0.15) is 11.4 Å². The molecule has 0 bridgehead atoms. The molecule has 0 saturated carbocycles. The summed E-state index contributed by atoms with van der Waals surface area (Å²) in [5.74, 6) is 0.645. The number of ether oxygens (including phenoxy) is 1. The lowest BCUT2D eigenvalue weighted by Gasteiger charge is -2.13. The van der Waals surface area contributed by atoms with Crippen LogP contribution in [0.4, 0.5) is 0 Å². The summed E-state index contributed by atoms with van der Waals surface area (Å²) < 4.78 is 9.03. The van der Waals surface area contributed by atoms with Gasteiger partial charge in [0.05, 0.1) is 18.2 Å². The van der Waals surface area contributed by atoms with E-state index < -0.39 is 5.56 Å². The molecule has 0 atom stereocenters. The van der Waals surface area contributed by atoms with Gasteiger partial charge in [0.15, 0.2) is 0 Å². The van der Waals surface area contributed by atoms with Crippen molar-refractivity contribution >= 4 is 11.6 Å². The average molecular weight is 442 g/mol. The molecule has 0 aliphatic rings. The van der Waals surface area contributed by atoms with Crippen molar-refractivity contribution in [2.45, 2.75) is 0 Å². The molecule has 7 nitrogen and oxygen atoms in total. The van der Waals surface area contributed by atoms with Gasteiger partial charge in [-0.05, 0) is 53.6 Å². The Bertz CT molecular complexity index is 1400. The van der Waals surface area contributed by atoms with Crippen molar-refractivity contribution in [3.8, 4) is 34.0 Å². The maximum absolute atomic E-state index is 13.4. The van der Waals surface area contributed by atoms with E-state index in [4.69, 9.17) is 16.3 Å². The molecule has 32 heavy (non-hydrogen) atoms. The number of aromatic nitrogens is 5. The lowest BCUT2D eigenvalue weighted by Crippen LogP contribution is -2.23. The Labute approximate surface area is 188 Å². The van der Waals surface area contributed by atoms with Gasteiger partial charge in [-0.15, -0.1) is 0 Å². The Balaban J connectivity index is 1.56. The van der Waals surface area contributed by atoms with Gasteiger partial charge in [-0.1, -0.05) is 29.8 Å². The first-order valence-corrected chi connectivity index (χ1v) is 10.1. The first-order chi connectivity index (χ1) is 15.7. The minimum Gasteiger partial charge on any atom is -0.449 e. The van der Waals surface area contributed by atoms with E-state index >= 15 is 0 Å². The third kappa shape index (κ3) is 3.89. The minimum atomic E-state index is -0.408. The van der Waals surface area contributed by atoms with Crippen LogP contribution < -0.4 is 10.3 Å². The van der Waals surface area contributed by atoms with Crippen molar-refractivity contribution in [1.29, 1.82) is 0 Å². The van der Waals surface area contributed by atoms with Gasteiger partial charge in [-0.2, -0.15) is 9.78 Å². The topological polar surface area (TPSA) is 74.8 Å². The van der Waals surface area contributed by atoms with Crippen LogP contribution in [0.1, 0.15) is 0 Å². The van der Waals surface area contributed by atoms with Crippen LogP contribution in [0.2, 0.25) is 5.02 Å². The van der Waals surface area contributed by atoms with Gasteiger partial charge in [0, 0.05) is 29.8 Å². The number of pyridine rings is 1. The fourth-order valence-electron chi connectivity index (χ4n) is 3.24. The van der Waals surface area contributed by atoms with Crippen molar-refractivity contribution in [1.82, 2.24) is 24.3 Å². The second-order valence-corrected chi connectivity index (χ2v) is 7.33. The molecule has 156 valence electrons. The Morgan fingerprint density at radius 1 is 0.844 bits per heavy atom. The monoisotopic (exact) mass is 441 g/mol. The molecule has 0 amide bonds. The Hall–Kier alpha value is -4.23. The van der Waals surface area contributed by atoms with Gasteiger partial charge in [-0.25, -0.2) is 4.98 Å². The Morgan fingerprint density at radius 2 is 1.66 bits per heavy atom. The van der Waals surface area contributed by atoms with Gasteiger partial charge in [0.2, 0.25) is 5.75 Å². The number of hydrogen-bond donors (Lipinski definition) is 0. The highest BCUT2D eigenvalue weighted by Crippen LogP contribution is 2.27. The maximum atomic E-state index is 13.4. The van der Waals surface area contributed by atoms with Gasteiger partial charge < -0.3 is 9.30 Å². The second-order valence-electron chi connectivity index (χ2n) is 6.89. The summed E-state index contributed by atoms with van der Waals surface area (Å²) in [5, 5.41) is 4.89. The smallest absolute Gasteiger partial charge is 0.316 e. The summed E-state index contributed by atoms with van der Waals surface area (Å²) in [7, 11) is 0. The largest absolute Gasteiger partial charge is 0.449 e. The highest BCUT2D eigenvalue weighted by atomic mass is 35.5. The van der Waals surface area contributed by atoms with Crippen molar-refractivity contribution < 1.29 is 4.74 Å². The first-order valence-electron chi connectivity index (χ1n) is 9.74. The van der Waals surface area contributed by atoms with Gasteiger partial charge in [-0.3, -0.25) is 9.78 Å². The molecule has 0 unspecified atom stereocenters. The molecule has 0 saturated heterocycles. The summed E-state index contributed by atoms with van der Waals surface area (Å²) in [4.78, 5) is 21.6. The number of halogens is 1. The zero-order chi connectivity index (χ0) is 21.9. The van der Waals surface area contributed by atoms with Crippen LogP contribution >= 0.6 is 11.6 Å². The number of hydrogen-bond acceptors (Lipinski definition) is 5. The number of benzene rings is 2. The predicted molar refractivity (Wildman–Crippen MR) is 122 cm³/mol. The summed E-state index contributed by atoms with van der Waals surface area (Å²) in [6, 6.07) is 18.2. The molecule has 0 radical (unpaired) electrons. The molecule has 5 rings (SSSR count). The van der Waals surface area contributed by atoms with Crippen LogP contribution in [-0.4, -0.2) is 24.3 Å². The van der Waals surface area contributed by atoms with Crippen LogP contribution in [0.3, 0.4) is 0 Å². The van der Waals surface area contributed by atoms with Crippen LogP contribution in [-0.2, 0) is 0 Å². The van der Waals surface area contributed by atoms with Crippen LogP contribution in [0.15, 0.2) is 103 Å². The standard InChI is InChI=1S/C24H16ClN5O2/c25-19-5-7-20(8-6-19)30-24(31)23(22(15-28-30)29-13-12-27-16-29)32-21-9-3-17(4-10-21)18-2-1-11-26-14-18/h1-16H. The molecule has 0 N–H and O–H groups in total. The molecular formula is C24H16ClN5O2. The van der Waals surface area contributed by atoms with E-state index in [0.29, 0.717) is 22.1 Å². The molecule has 5 aromatic rings. The zero-order valence-electron chi connectivity index (χ0n) is 16.7. The van der Waals surface area contributed by atoms with E-state index in [-0.39, 0.29) is 5.75 Å². The van der Waals surface area contributed by atoms with Crippen LogP contribution in [0.5, 0.6) is 11.5 Å². The summed E-state index contributed by atoms with van der Waals surface area (Å²) >= 11 is 5.98. The Morgan fingerprint density at radius 3 is 2.34 bits per heavy atom. The second kappa shape index (κ2) is 8.49. The molecule has 0 aliphatic carbocycles. The third-order valence-corrected chi connectivity index (χ3v) is 5.09. The van der Waals surface area contributed by atoms with Gasteiger partial charge >= 0.3 is 5.56 Å². The van der Waals surface area contributed by atoms with Crippen molar-refractivity contribution in [2.24, 2.45) is 0 Å². The lowest BCUT2D eigenvalue weighted by atomic mass is 10.1. The highest BCUT2D eigenvalue weighted by molar-refractivity contribution is 6.30. The average Bonchev–Trinajstić information content (AvgIpc) is 3.37. The maximum Gasteiger partial charge on any atom is 0.316 e. The minimum absolute atomic E-state index is 0.127. The lowest BCUT2D eigenvalue weighted by molar-refractivity contribution is 0.464. The van der Waals surface area contributed by atoms with E-state index in [1.807, 2.05) is 36.4 Å². The fourth-order valence-corrected chi connectivity index (χ4v) is 3.37. The van der Waals surface area contributed by atoms with Crippen LogP contribution in [0.25, 0.3) is 22.5 Å². The molecule has 0 fully saturated rings. The molecule has 3 aromatic heterocycles. The predicted octanol–water partition coefficient (Wildman–Crippen LogP) is 4.93. The van der Waals surface area contributed by atoms with E-state index in [1.54, 1.807) is 66.1 Å². The number of nitrogens with zero attached hydrogens (tertiary/aromatic N) is 5. The molecule has 0 spiro atoms. The van der Waals surface area contributed by atoms with E-state index in [0.717, 1.165) is 11.1 Å². The summed E-state index contributed by atoms with van der Waals surface area (Å²) in [6.07, 6.45) is 10.0. The fraction of sp³-hybridized carbons (Fsp3) is 0. The molecule has 8 heteroatoms. The summed E-state index contributed by atoms with van der Waals surface area (Å²) in [5.41, 5.74) is 2.64. The zero-order valence-corrected chi connectivity index (χ0v) is 17.4. The van der Waals surface area contributed by atoms with E-state index in [9.17, 15) is 4.79 Å². The van der Waals surface area contributed by atoms with E-state index in [2.05, 4.69) is 15.1 Å². The number of rotatable bonds is 5. The van der Waals surface area contributed by atoms with Crippen molar-refractivity contribution in [2.75, 3.05) is 0 Å².